The normalized spacial score (nSPS) is 16.4. The maximum absolute atomic E-state index is 13.6. The number of benzene rings is 3. The number of carbonyl (C=O) groups is 2. The maximum Gasteiger partial charge on any atom is 0.358 e. The summed E-state index contributed by atoms with van der Waals surface area (Å²) in [5, 5.41) is 5.09. The lowest BCUT2D eigenvalue weighted by atomic mass is 9.87. The second-order valence-electron chi connectivity index (χ2n) is 10.5. The molecule has 4 aromatic rings. The number of rotatable bonds is 8. The molecule has 1 aromatic heterocycles. The second-order valence-corrected chi connectivity index (χ2v) is 10.5. The third-order valence-electron chi connectivity index (χ3n) is 7.85. The first-order valence-electron chi connectivity index (χ1n) is 14.1. The number of halogens is 2. The van der Waals surface area contributed by atoms with Crippen molar-refractivity contribution < 1.29 is 32.7 Å². The topological polar surface area (TPSA) is 86.1 Å². The molecule has 4 bridgehead atoms. The minimum Gasteiger partial charge on any atom is -0.493 e. The van der Waals surface area contributed by atoms with Crippen molar-refractivity contribution in [2.75, 3.05) is 44.7 Å². The van der Waals surface area contributed by atoms with Gasteiger partial charge in [0.15, 0.2) is 17.3 Å². The van der Waals surface area contributed by atoms with Crippen LogP contribution >= 0.6 is 0 Å². The number of nitrogens with zero attached hydrogens (tertiary/aromatic N) is 4. The van der Waals surface area contributed by atoms with Crippen LogP contribution in [0.5, 0.6) is 11.5 Å². The van der Waals surface area contributed by atoms with E-state index in [0.717, 1.165) is 60.6 Å². The van der Waals surface area contributed by atoms with Crippen molar-refractivity contribution in [1.29, 1.82) is 0 Å². The van der Waals surface area contributed by atoms with E-state index < -0.39 is 11.9 Å². The molecule has 9 nitrogen and oxygen atoms in total. The Balaban J connectivity index is 1.16. The van der Waals surface area contributed by atoms with Crippen LogP contribution in [-0.4, -0.2) is 66.6 Å². The number of piperazine rings is 1. The fraction of sp³-hybridized carbons (Fsp3) is 0.281. The minimum atomic E-state index is -0.753. The molecule has 222 valence electrons. The number of hydrogen-bond donors (Lipinski definition) is 0. The summed E-state index contributed by atoms with van der Waals surface area (Å²) >= 11 is 0. The highest BCUT2D eigenvalue weighted by Crippen LogP contribution is 2.41. The Labute approximate surface area is 246 Å². The van der Waals surface area contributed by atoms with Gasteiger partial charge in [0, 0.05) is 44.2 Å². The number of ether oxygens (including phenoxy) is 2. The first-order chi connectivity index (χ1) is 20.9. The van der Waals surface area contributed by atoms with Crippen LogP contribution in [0.2, 0.25) is 0 Å². The highest BCUT2D eigenvalue weighted by Gasteiger charge is 2.29. The van der Waals surface area contributed by atoms with E-state index in [1.165, 1.54) is 31.4 Å². The molecule has 0 radical (unpaired) electrons. The number of carbonyl (C=O) groups excluding carboxylic acids is 2. The molecule has 3 heterocycles. The Morgan fingerprint density at radius 1 is 0.860 bits per heavy atom. The summed E-state index contributed by atoms with van der Waals surface area (Å²) in [5.41, 5.74) is 2.46. The number of methoxy groups -OCH3 is 1. The van der Waals surface area contributed by atoms with Gasteiger partial charge in [-0.2, -0.15) is 0 Å². The summed E-state index contributed by atoms with van der Waals surface area (Å²) < 4.78 is 38.3. The van der Waals surface area contributed by atoms with E-state index in [1.807, 2.05) is 0 Å². The Bertz CT molecular complexity index is 1620. The number of esters is 1. The maximum atomic E-state index is 13.6. The summed E-state index contributed by atoms with van der Waals surface area (Å²) in [6, 6.07) is 16.3. The van der Waals surface area contributed by atoms with Crippen LogP contribution in [0, 0.1) is 11.6 Å². The molecule has 0 amide bonds. The van der Waals surface area contributed by atoms with Crippen LogP contribution in [0.25, 0.3) is 10.9 Å². The van der Waals surface area contributed by atoms with Crippen LogP contribution in [0.3, 0.4) is 0 Å². The molecule has 43 heavy (non-hydrogen) atoms. The van der Waals surface area contributed by atoms with Gasteiger partial charge in [0.05, 0.1) is 12.5 Å². The van der Waals surface area contributed by atoms with Crippen LogP contribution in [-0.2, 0) is 9.59 Å². The van der Waals surface area contributed by atoms with Crippen molar-refractivity contribution in [2.45, 2.75) is 18.8 Å². The van der Waals surface area contributed by atoms with Crippen molar-refractivity contribution in [3.8, 4) is 11.5 Å². The van der Waals surface area contributed by atoms with Gasteiger partial charge in [0.1, 0.15) is 17.2 Å². The monoisotopic (exact) mass is 588 g/mol. The lowest BCUT2D eigenvalue weighted by Crippen LogP contribution is -2.47. The molecule has 6 rings (SSSR count). The summed E-state index contributed by atoms with van der Waals surface area (Å²) in [4.78, 5) is 35.6. The van der Waals surface area contributed by atoms with Crippen molar-refractivity contribution in [3.05, 3.63) is 95.6 Å². The highest BCUT2D eigenvalue weighted by atomic mass is 19.1. The van der Waals surface area contributed by atoms with Gasteiger partial charge >= 0.3 is 11.9 Å². The van der Waals surface area contributed by atoms with Gasteiger partial charge in [-0.3, -0.25) is 4.90 Å². The lowest BCUT2D eigenvalue weighted by molar-refractivity contribution is -0.139. The predicted molar refractivity (Wildman–Crippen MR) is 155 cm³/mol. The molecule has 0 aliphatic carbocycles. The second kappa shape index (κ2) is 12.2. The molecule has 11 heteroatoms. The third-order valence-corrected chi connectivity index (χ3v) is 7.85. The first-order valence-corrected chi connectivity index (χ1v) is 14.1. The van der Waals surface area contributed by atoms with Crippen LogP contribution in [0.15, 0.2) is 72.8 Å². The van der Waals surface area contributed by atoms with Gasteiger partial charge in [-0.1, -0.05) is 29.1 Å². The van der Waals surface area contributed by atoms with Gasteiger partial charge in [0.2, 0.25) is 0 Å². The molecule has 0 saturated carbocycles. The van der Waals surface area contributed by atoms with Gasteiger partial charge in [0.25, 0.3) is 0 Å². The van der Waals surface area contributed by atoms with E-state index in [9.17, 15) is 18.4 Å². The fourth-order valence-electron chi connectivity index (χ4n) is 5.68. The number of hydrogen-bond acceptors (Lipinski definition) is 8. The Morgan fingerprint density at radius 3 is 2.12 bits per heavy atom. The lowest BCUT2D eigenvalue weighted by Gasteiger charge is -2.35. The van der Waals surface area contributed by atoms with Gasteiger partial charge in [-0.25, -0.2) is 18.4 Å². The zero-order valence-electron chi connectivity index (χ0n) is 23.5. The van der Waals surface area contributed by atoms with Crippen LogP contribution < -0.4 is 19.2 Å². The average Bonchev–Trinajstić information content (AvgIpc) is 3.37. The Kier molecular flexibility index (Phi) is 8.06. The molecular weight excluding hydrogens is 558 g/mol. The van der Waals surface area contributed by atoms with Crippen molar-refractivity contribution in [1.82, 2.24) is 14.8 Å². The van der Waals surface area contributed by atoms with Crippen molar-refractivity contribution >= 4 is 28.7 Å². The summed E-state index contributed by atoms with van der Waals surface area (Å²) in [5.74, 6) is -0.940. The van der Waals surface area contributed by atoms with E-state index in [4.69, 9.17) is 14.3 Å². The van der Waals surface area contributed by atoms with Crippen molar-refractivity contribution in [2.24, 2.45) is 0 Å². The molecule has 2 aliphatic heterocycles. The smallest absolute Gasteiger partial charge is 0.358 e. The predicted octanol–water partition coefficient (Wildman–Crippen LogP) is 4.49. The van der Waals surface area contributed by atoms with E-state index in [0.29, 0.717) is 35.6 Å². The number of anilines is 1. The molecular formula is C32H30F2N4O5. The van der Waals surface area contributed by atoms with Gasteiger partial charge < -0.3 is 19.2 Å². The van der Waals surface area contributed by atoms with E-state index in [1.54, 1.807) is 36.4 Å². The molecule has 1 saturated heterocycles. The summed E-state index contributed by atoms with van der Waals surface area (Å²) in [6.07, 6.45) is 3.70. The van der Waals surface area contributed by atoms with E-state index >= 15 is 0 Å². The molecule has 0 atom stereocenters. The van der Waals surface area contributed by atoms with Crippen LogP contribution in [0.1, 0.15) is 29.9 Å². The number of aromatic nitrogens is 2. The highest BCUT2D eigenvalue weighted by molar-refractivity contribution is 6.02. The van der Waals surface area contributed by atoms with Gasteiger partial charge in [-0.15, -0.1) is 5.10 Å². The minimum absolute atomic E-state index is 0.0220. The largest absolute Gasteiger partial charge is 0.493 e. The SMILES string of the molecule is COc1ccc2c3c(N4CCN(CCCC(c5ccc(F)cc5)c5ccc(F)cc5)CC4)nn2OC(=O)/C=C/C(=O)Oc13. The molecule has 3 aromatic carbocycles. The first kappa shape index (κ1) is 28.4. The standard InChI is InChI=1S/C32H30F2N4O5/c1-41-27-13-12-26-30-31(27)42-28(39)14-15-29(40)43-38(26)35-32(30)37-19-17-36(18-20-37)16-2-3-25(21-4-8-23(33)9-5-21)22-6-10-24(34)11-7-22/h4-15,25H,2-3,16-20H2,1H3/b15-14+. The van der Waals surface area contributed by atoms with Gasteiger partial charge in [-0.05, 0) is 66.9 Å². The van der Waals surface area contributed by atoms with Crippen molar-refractivity contribution in [3.63, 3.8) is 0 Å². The van der Waals surface area contributed by atoms with E-state index in [2.05, 4.69) is 14.9 Å². The van der Waals surface area contributed by atoms with Crippen LogP contribution in [0.4, 0.5) is 14.6 Å². The quantitative estimate of drug-likeness (QED) is 0.220. The molecule has 0 unspecified atom stereocenters. The Morgan fingerprint density at radius 2 is 1.49 bits per heavy atom. The van der Waals surface area contributed by atoms with E-state index in [-0.39, 0.29) is 23.3 Å². The average molecular weight is 589 g/mol. The fourth-order valence-corrected chi connectivity index (χ4v) is 5.68. The molecule has 2 aliphatic rings. The third kappa shape index (κ3) is 6.07. The summed E-state index contributed by atoms with van der Waals surface area (Å²) in [7, 11) is 1.49. The molecule has 0 N–H and O–H groups in total. The zero-order valence-corrected chi connectivity index (χ0v) is 23.5. The molecule has 1 fully saturated rings. The summed E-state index contributed by atoms with van der Waals surface area (Å²) in [6.45, 7) is 3.64. The zero-order chi connectivity index (χ0) is 29.9. The Hall–Kier alpha value is -4.77. The molecule has 0 spiro atoms.